The number of hydrogen-bond donors (Lipinski definition) is 0. The first-order valence-electron chi connectivity index (χ1n) is 9.20. The molecule has 2 aromatic rings. The molecule has 0 spiro atoms. The lowest BCUT2D eigenvalue weighted by molar-refractivity contribution is 0.177. The summed E-state index contributed by atoms with van der Waals surface area (Å²) in [5.74, 6) is 0.220. The van der Waals surface area contributed by atoms with Crippen LogP contribution in [0.25, 0.3) is 11.1 Å². The van der Waals surface area contributed by atoms with E-state index in [4.69, 9.17) is 4.74 Å². The first-order valence-corrected chi connectivity index (χ1v) is 9.20. The van der Waals surface area contributed by atoms with Crippen LogP contribution in [0.1, 0.15) is 56.1 Å². The fraction of sp³-hybridized carbons (Fsp3) is 0.455. The predicted octanol–water partition coefficient (Wildman–Crippen LogP) is 6.46. The summed E-state index contributed by atoms with van der Waals surface area (Å²) in [6, 6.07) is 10.9. The molecule has 0 heterocycles. The van der Waals surface area contributed by atoms with E-state index in [1.54, 1.807) is 0 Å². The Morgan fingerprint density at radius 1 is 1.00 bits per heavy atom. The van der Waals surface area contributed by atoms with Gasteiger partial charge in [-0.1, -0.05) is 37.6 Å². The van der Waals surface area contributed by atoms with Gasteiger partial charge >= 0.3 is 0 Å². The smallest absolute Gasteiger partial charge is 0.132 e. The molecule has 0 atom stereocenters. The van der Waals surface area contributed by atoms with Crippen molar-refractivity contribution in [1.82, 2.24) is 0 Å². The molecule has 0 amide bonds. The van der Waals surface area contributed by atoms with E-state index in [-0.39, 0.29) is 12.2 Å². The lowest BCUT2D eigenvalue weighted by Gasteiger charge is -2.29. The third kappa shape index (κ3) is 3.92. The maximum atomic E-state index is 14.3. The zero-order valence-electron chi connectivity index (χ0n) is 15.0. The standard InChI is InChI=1S/C22H26F2O/c1-3-15-8-10-16(11-9-15)18-6-4-5-7-19(18)17-12-21(23)20(14-25-2)22(24)13-17/h4-7,12-13,15-16H,3,8-11,14H2,1-2H3/t15-,16-. The van der Waals surface area contributed by atoms with Gasteiger partial charge in [-0.05, 0) is 66.3 Å². The molecule has 1 aliphatic carbocycles. The molecule has 0 saturated heterocycles. The second-order valence-corrected chi connectivity index (χ2v) is 7.06. The monoisotopic (exact) mass is 344 g/mol. The molecule has 2 aromatic carbocycles. The lowest BCUT2D eigenvalue weighted by Crippen LogP contribution is -2.13. The van der Waals surface area contributed by atoms with Crippen LogP contribution >= 0.6 is 0 Å². The van der Waals surface area contributed by atoms with Gasteiger partial charge in [-0.3, -0.25) is 0 Å². The van der Waals surface area contributed by atoms with Gasteiger partial charge in [-0.15, -0.1) is 0 Å². The van der Waals surface area contributed by atoms with Crippen molar-refractivity contribution >= 4 is 0 Å². The average molecular weight is 344 g/mol. The van der Waals surface area contributed by atoms with Crippen molar-refractivity contribution in [2.75, 3.05) is 7.11 Å². The van der Waals surface area contributed by atoms with Crippen LogP contribution in [0.2, 0.25) is 0 Å². The summed E-state index contributed by atoms with van der Waals surface area (Å²) in [5.41, 5.74) is 2.77. The fourth-order valence-corrected chi connectivity index (χ4v) is 4.04. The molecular formula is C22H26F2O. The summed E-state index contributed by atoms with van der Waals surface area (Å²) < 4.78 is 33.6. The summed E-state index contributed by atoms with van der Waals surface area (Å²) in [4.78, 5) is 0. The van der Waals surface area contributed by atoms with Gasteiger partial charge in [0.15, 0.2) is 0 Å². The highest BCUT2D eigenvalue weighted by molar-refractivity contribution is 5.68. The summed E-state index contributed by atoms with van der Waals surface area (Å²) in [6.45, 7) is 2.20. The highest BCUT2D eigenvalue weighted by Gasteiger charge is 2.24. The number of rotatable bonds is 5. The molecule has 1 fully saturated rings. The van der Waals surface area contributed by atoms with Crippen molar-refractivity contribution in [3.8, 4) is 11.1 Å². The number of hydrogen-bond acceptors (Lipinski definition) is 1. The highest BCUT2D eigenvalue weighted by Crippen LogP contribution is 2.41. The molecule has 0 radical (unpaired) electrons. The van der Waals surface area contributed by atoms with Crippen LogP contribution in [0.3, 0.4) is 0 Å². The maximum Gasteiger partial charge on any atom is 0.132 e. The van der Waals surface area contributed by atoms with Crippen LogP contribution in [-0.4, -0.2) is 7.11 Å². The van der Waals surface area contributed by atoms with Crippen LogP contribution in [0.15, 0.2) is 36.4 Å². The molecule has 134 valence electrons. The van der Waals surface area contributed by atoms with Gasteiger partial charge < -0.3 is 4.74 Å². The molecule has 0 unspecified atom stereocenters. The van der Waals surface area contributed by atoms with Gasteiger partial charge in [-0.2, -0.15) is 0 Å². The number of benzene rings is 2. The van der Waals surface area contributed by atoms with E-state index in [2.05, 4.69) is 13.0 Å². The minimum Gasteiger partial charge on any atom is -0.380 e. The van der Waals surface area contributed by atoms with Crippen LogP contribution in [0.5, 0.6) is 0 Å². The molecule has 0 aromatic heterocycles. The Bertz CT molecular complexity index is 695. The van der Waals surface area contributed by atoms with E-state index in [1.165, 1.54) is 44.1 Å². The zero-order valence-corrected chi connectivity index (χ0v) is 15.0. The summed E-state index contributed by atoms with van der Waals surface area (Å²) >= 11 is 0. The van der Waals surface area contributed by atoms with Gasteiger partial charge in [0.05, 0.1) is 6.61 Å². The number of ether oxygens (including phenoxy) is 1. The van der Waals surface area contributed by atoms with Crippen molar-refractivity contribution in [2.45, 2.75) is 51.6 Å². The van der Waals surface area contributed by atoms with Crippen LogP contribution < -0.4 is 0 Å². The van der Waals surface area contributed by atoms with Gasteiger partial charge in [0.25, 0.3) is 0 Å². The van der Waals surface area contributed by atoms with Gasteiger partial charge in [0.2, 0.25) is 0 Å². The summed E-state index contributed by atoms with van der Waals surface area (Å²) in [5, 5.41) is 0. The minimum atomic E-state index is -0.540. The number of methoxy groups -OCH3 is 1. The second-order valence-electron chi connectivity index (χ2n) is 7.06. The van der Waals surface area contributed by atoms with E-state index in [1.807, 2.05) is 18.2 Å². The third-order valence-electron chi connectivity index (χ3n) is 5.57. The van der Waals surface area contributed by atoms with Gasteiger partial charge in [0.1, 0.15) is 11.6 Å². The second kappa shape index (κ2) is 8.09. The molecule has 0 N–H and O–H groups in total. The minimum absolute atomic E-state index is 0.00724. The largest absolute Gasteiger partial charge is 0.380 e. The fourth-order valence-electron chi connectivity index (χ4n) is 4.04. The Balaban J connectivity index is 1.94. The third-order valence-corrected chi connectivity index (χ3v) is 5.57. The normalized spacial score (nSPS) is 20.6. The zero-order chi connectivity index (χ0) is 17.8. The topological polar surface area (TPSA) is 9.23 Å². The van der Waals surface area contributed by atoms with Crippen molar-refractivity contribution in [3.05, 3.63) is 59.2 Å². The molecule has 1 aliphatic rings. The molecule has 0 aliphatic heterocycles. The number of halogens is 2. The average Bonchev–Trinajstić information content (AvgIpc) is 2.64. The Morgan fingerprint density at radius 3 is 2.24 bits per heavy atom. The van der Waals surface area contributed by atoms with Crippen molar-refractivity contribution < 1.29 is 13.5 Å². The molecule has 0 bridgehead atoms. The highest BCUT2D eigenvalue weighted by atomic mass is 19.1. The maximum absolute atomic E-state index is 14.3. The van der Waals surface area contributed by atoms with E-state index >= 15 is 0 Å². The van der Waals surface area contributed by atoms with Crippen LogP contribution in [0, 0.1) is 17.6 Å². The van der Waals surface area contributed by atoms with Crippen LogP contribution in [-0.2, 0) is 11.3 Å². The Hall–Kier alpha value is -1.74. The Labute approximate surface area is 149 Å². The first-order chi connectivity index (χ1) is 12.1. The van der Waals surface area contributed by atoms with Gasteiger partial charge in [-0.25, -0.2) is 8.78 Å². The Morgan fingerprint density at radius 2 is 1.64 bits per heavy atom. The van der Waals surface area contributed by atoms with Crippen LogP contribution in [0.4, 0.5) is 8.78 Å². The molecule has 3 rings (SSSR count). The molecule has 3 heteroatoms. The molecule has 25 heavy (non-hydrogen) atoms. The van der Waals surface area contributed by atoms with E-state index < -0.39 is 11.6 Å². The molecule has 1 saturated carbocycles. The molecule has 1 nitrogen and oxygen atoms in total. The first kappa shape index (κ1) is 18.1. The van der Waals surface area contributed by atoms with Crippen molar-refractivity contribution in [3.63, 3.8) is 0 Å². The Kier molecular flexibility index (Phi) is 5.85. The lowest BCUT2D eigenvalue weighted by atomic mass is 9.76. The van der Waals surface area contributed by atoms with E-state index in [0.717, 1.165) is 24.3 Å². The van der Waals surface area contributed by atoms with Crippen molar-refractivity contribution in [2.24, 2.45) is 5.92 Å². The molecular weight excluding hydrogens is 318 g/mol. The SMILES string of the molecule is CC[C@H]1CC[C@H](c2ccccc2-c2cc(F)c(COC)c(F)c2)CC1. The van der Waals surface area contributed by atoms with E-state index in [9.17, 15) is 8.78 Å². The summed E-state index contributed by atoms with van der Waals surface area (Å²) in [6.07, 6.45) is 6.03. The van der Waals surface area contributed by atoms with Crippen molar-refractivity contribution in [1.29, 1.82) is 0 Å². The van der Waals surface area contributed by atoms with E-state index in [0.29, 0.717) is 11.5 Å². The summed E-state index contributed by atoms with van der Waals surface area (Å²) in [7, 11) is 1.44. The predicted molar refractivity (Wildman–Crippen MR) is 97.5 cm³/mol. The quantitative estimate of drug-likeness (QED) is 0.604. The van der Waals surface area contributed by atoms with Gasteiger partial charge in [0, 0.05) is 12.7 Å².